The summed E-state index contributed by atoms with van der Waals surface area (Å²) in [6, 6.07) is 5.05. The van der Waals surface area contributed by atoms with Crippen LogP contribution in [-0.4, -0.2) is 28.8 Å². The fourth-order valence-corrected chi connectivity index (χ4v) is 5.20. The number of benzene rings is 1. The average Bonchev–Trinajstić information content (AvgIpc) is 3.46. The summed E-state index contributed by atoms with van der Waals surface area (Å²) in [7, 11) is 0. The van der Waals surface area contributed by atoms with Gasteiger partial charge >= 0.3 is 12.6 Å². The molecule has 6 nitrogen and oxygen atoms in total. The predicted octanol–water partition coefficient (Wildman–Crippen LogP) is 4.01. The number of pyridine rings is 1. The van der Waals surface area contributed by atoms with E-state index in [-0.39, 0.29) is 28.3 Å². The summed E-state index contributed by atoms with van der Waals surface area (Å²) in [6.45, 7) is -1.49. The van der Waals surface area contributed by atoms with Crippen LogP contribution in [0, 0.1) is 0 Å². The van der Waals surface area contributed by atoms with Gasteiger partial charge in [-0.3, -0.25) is 4.79 Å². The first-order valence-electron chi connectivity index (χ1n) is 9.66. The van der Waals surface area contributed by atoms with Gasteiger partial charge < -0.3 is 19.7 Å². The summed E-state index contributed by atoms with van der Waals surface area (Å²) in [5.41, 5.74) is 0.823. The maximum absolute atomic E-state index is 13.4. The summed E-state index contributed by atoms with van der Waals surface area (Å²) in [5, 5.41) is 12.8. The van der Waals surface area contributed by atoms with Crippen LogP contribution < -0.4 is 15.5 Å². The SMILES string of the molecule is O=C(O)c1cn(C2CC2)c2c(OC(F)F)c(-c3cc4c(s3)CNCC4)ccc2c1=O. The molecule has 0 unspecified atom stereocenters. The average molecular weight is 432 g/mol. The van der Waals surface area contributed by atoms with Gasteiger partial charge in [-0.2, -0.15) is 8.78 Å². The summed E-state index contributed by atoms with van der Waals surface area (Å²) in [6.07, 6.45) is 3.69. The number of ether oxygens (including phenoxy) is 1. The Morgan fingerprint density at radius 3 is 2.80 bits per heavy atom. The normalized spacial score (nSPS) is 16.1. The van der Waals surface area contributed by atoms with Crippen LogP contribution in [0.3, 0.4) is 0 Å². The molecule has 1 aromatic carbocycles. The van der Waals surface area contributed by atoms with Gasteiger partial charge in [-0.25, -0.2) is 4.79 Å². The van der Waals surface area contributed by atoms with Crippen LogP contribution in [0.2, 0.25) is 0 Å². The first-order valence-corrected chi connectivity index (χ1v) is 10.5. The molecule has 5 rings (SSSR count). The maximum atomic E-state index is 13.4. The topological polar surface area (TPSA) is 80.6 Å². The molecular weight excluding hydrogens is 414 g/mol. The Kier molecular flexibility index (Phi) is 4.59. The number of aromatic carboxylic acids is 1. The number of carboxylic acid groups (broad SMARTS) is 1. The van der Waals surface area contributed by atoms with E-state index in [9.17, 15) is 23.5 Å². The van der Waals surface area contributed by atoms with Crippen LogP contribution >= 0.6 is 11.3 Å². The molecule has 2 aromatic heterocycles. The van der Waals surface area contributed by atoms with Gasteiger partial charge in [0.1, 0.15) is 5.56 Å². The summed E-state index contributed by atoms with van der Waals surface area (Å²) in [5.74, 6) is -1.41. The van der Waals surface area contributed by atoms with Crippen molar-refractivity contribution in [1.29, 1.82) is 0 Å². The third kappa shape index (κ3) is 3.18. The third-order valence-corrected chi connectivity index (χ3v) is 6.75. The zero-order chi connectivity index (χ0) is 21.0. The molecule has 1 aliphatic carbocycles. The highest BCUT2D eigenvalue weighted by Gasteiger charge is 2.30. The van der Waals surface area contributed by atoms with Crippen LogP contribution in [0.15, 0.2) is 29.2 Å². The van der Waals surface area contributed by atoms with Gasteiger partial charge in [0.2, 0.25) is 5.43 Å². The van der Waals surface area contributed by atoms with E-state index < -0.39 is 18.0 Å². The highest BCUT2D eigenvalue weighted by molar-refractivity contribution is 7.15. The van der Waals surface area contributed by atoms with Crippen molar-refractivity contribution in [2.45, 2.75) is 38.5 Å². The summed E-state index contributed by atoms with van der Waals surface area (Å²) < 4.78 is 33.4. The number of halogens is 2. The highest BCUT2D eigenvalue weighted by Crippen LogP contribution is 2.45. The van der Waals surface area contributed by atoms with Crippen LogP contribution in [0.25, 0.3) is 21.3 Å². The number of rotatable bonds is 5. The standard InChI is InChI=1S/C21H18F2N2O4S/c22-21(23)29-19-12(15-7-10-5-6-24-8-16(10)30-15)3-4-13-17(19)25(11-1-2-11)9-14(18(13)26)20(27)28/h3-4,7,9,11,21,24H,1-2,5-6,8H2,(H,27,28). The molecule has 1 aliphatic heterocycles. The lowest BCUT2D eigenvalue weighted by atomic mass is 10.0. The molecule has 156 valence electrons. The molecule has 1 saturated carbocycles. The van der Waals surface area contributed by atoms with Crippen LogP contribution in [0.1, 0.15) is 39.7 Å². The van der Waals surface area contributed by atoms with E-state index in [4.69, 9.17) is 4.74 Å². The molecule has 0 radical (unpaired) electrons. The zero-order valence-electron chi connectivity index (χ0n) is 15.8. The summed E-state index contributed by atoms with van der Waals surface area (Å²) in [4.78, 5) is 26.3. The minimum absolute atomic E-state index is 0.0396. The minimum atomic E-state index is -3.08. The Morgan fingerprint density at radius 1 is 1.33 bits per heavy atom. The van der Waals surface area contributed by atoms with Crippen LogP contribution in [0.5, 0.6) is 5.75 Å². The minimum Gasteiger partial charge on any atom is -0.477 e. The number of alkyl halides is 2. The molecule has 2 N–H and O–H groups in total. The lowest BCUT2D eigenvalue weighted by molar-refractivity contribution is -0.0486. The van der Waals surface area contributed by atoms with Crippen LogP contribution in [0.4, 0.5) is 8.78 Å². The van der Waals surface area contributed by atoms with E-state index in [0.717, 1.165) is 42.1 Å². The fraction of sp³-hybridized carbons (Fsp3) is 0.333. The molecular formula is C21H18F2N2O4S. The molecule has 0 saturated heterocycles. The van der Waals surface area contributed by atoms with Gasteiger partial charge in [-0.05, 0) is 49.6 Å². The largest absolute Gasteiger partial charge is 0.477 e. The zero-order valence-corrected chi connectivity index (χ0v) is 16.6. The van der Waals surface area contributed by atoms with E-state index in [1.807, 2.05) is 6.07 Å². The van der Waals surface area contributed by atoms with E-state index in [0.29, 0.717) is 5.56 Å². The van der Waals surface area contributed by atoms with Crippen molar-refractivity contribution in [2.24, 2.45) is 0 Å². The number of nitrogens with one attached hydrogen (secondary N) is 1. The van der Waals surface area contributed by atoms with Crippen molar-refractivity contribution in [2.75, 3.05) is 6.54 Å². The number of nitrogens with zero attached hydrogens (tertiary/aromatic N) is 1. The van der Waals surface area contributed by atoms with Gasteiger partial charge in [0.25, 0.3) is 0 Å². The van der Waals surface area contributed by atoms with Gasteiger partial charge in [-0.1, -0.05) is 0 Å². The van der Waals surface area contributed by atoms with Crippen molar-refractivity contribution in [1.82, 2.24) is 9.88 Å². The van der Waals surface area contributed by atoms with Gasteiger partial charge in [0.15, 0.2) is 5.75 Å². The van der Waals surface area contributed by atoms with E-state index >= 15 is 0 Å². The molecule has 9 heteroatoms. The van der Waals surface area contributed by atoms with Crippen molar-refractivity contribution in [3.05, 3.63) is 50.6 Å². The quantitative estimate of drug-likeness (QED) is 0.637. The molecule has 1 fully saturated rings. The molecule has 3 aromatic rings. The Bertz CT molecular complexity index is 1210. The number of fused-ring (bicyclic) bond motifs is 2. The summed E-state index contributed by atoms with van der Waals surface area (Å²) >= 11 is 1.51. The smallest absolute Gasteiger partial charge is 0.387 e. The second kappa shape index (κ2) is 7.17. The van der Waals surface area contributed by atoms with Crippen molar-refractivity contribution in [3.63, 3.8) is 0 Å². The Hall–Kier alpha value is -2.78. The second-order valence-electron chi connectivity index (χ2n) is 7.52. The first kappa shape index (κ1) is 19.2. The molecule has 0 bridgehead atoms. The van der Waals surface area contributed by atoms with Gasteiger partial charge in [-0.15, -0.1) is 11.3 Å². The van der Waals surface area contributed by atoms with Gasteiger partial charge in [0.05, 0.1) is 10.9 Å². The number of carboxylic acids is 1. The third-order valence-electron chi connectivity index (χ3n) is 5.54. The Balaban J connectivity index is 1.81. The molecule has 3 heterocycles. The first-order chi connectivity index (χ1) is 14.4. The fourth-order valence-electron chi connectivity index (χ4n) is 4.00. The predicted molar refractivity (Wildman–Crippen MR) is 109 cm³/mol. The second-order valence-corrected chi connectivity index (χ2v) is 8.66. The molecule has 2 aliphatic rings. The number of hydrogen-bond donors (Lipinski definition) is 2. The highest BCUT2D eigenvalue weighted by atomic mass is 32.1. The number of aromatic nitrogens is 1. The van der Waals surface area contributed by atoms with Crippen molar-refractivity contribution >= 4 is 28.2 Å². The lowest BCUT2D eigenvalue weighted by Gasteiger charge is -2.18. The Morgan fingerprint density at radius 2 is 2.13 bits per heavy atom. The van der Waals surface area contributed by atoms with Crippen molar-refractivity contribution in [3.8, 4) is 16.2 Å². The molecule has 0 atom stereocenters. The van der Waals surface area contributed by atoms with Gasteiger partial charge in [0, 0.05) is 34.1 Å². The molecule has 0 spiro atoms. The lowest BCUT2D eigenvalue weighted by Crippen LogP contribution is -2.21. The van der Waals surface area contributed by atoms with E-state index in [1.54, 1.807) is 10.6 Å². The number of carbonyl (C=O) groups is 1. The van der Waals surface area contributed by atoms with Crippen molar-refractivity contribution < 1.29 is 23.4 Å². The maximum Gasteiger partial charge on any atom is 0.387 e. The van der Waals surface area contributed by atoms with E-state index in [1.165, 1.54) is 29.2 Å². The monoisotopic (exact) mass is 432 g/mol. The van der Waals surface area contributed by atoms with E-state index in [2.05, 4.69) is 5.32 Å². The number of thiophene rings is 1. The Labute approximate surface area is 173 Å². The van der Waals surface area contributed by atoms with Crippen LogP contribution in [-0.2, 0) is 13.0 Å². The molecule has 30 heavy (non-hydrogen) atoms. The number of hydrogen-bond acceptors (Lipinski definition) is 5. The molecule has 0 amide bonds.